The highest BCUT2D eigenvalue weighted by Crippen LogP contribution is 2.41. The van der Waals surface area contributed by atoms with Crippen molar-refractivity contribution in [3.05, 3.63) is 0 Å². The molecule has 0 radical (unpaired) electrons. The Morgan fingerprint density at radius 1 is 0.265 bits per heavy atom. The second kappa shape index (κ2) is 41.9. The summed E-state index contributed by atoms with van der Waals surface area (Å²) in [5.41, 5.74) is 0. The summed E-state index contributed by atoms with van der Waals surface area (Å²) < 4.78 is 112. The molecule has 10 aliphatic heterocycles. The third-order valence-corrected chi connectivity index (χ3v) is 21.6. The molecule has 0 saturated carbocycles. The van der Waals surface area contributed by atoms with E-state index in [4.69, 9.17) is 90.0 Å². The molecule has 117 heavy (non-hydrogen) atoms. The molecule has 32 N–H and O–H groups in total. The molecule has 10 heterocycles. The Bertz CT molecular complexity index is 3050. The summed E-state index contributed by atoms with van der Waals surface area (Å²) in [5, 5.41) is 337. The maximum Gasteiger partial charge on any atom is 0.217 e. The average molecular weight is 1720 g/mol. The number of aliphatic hydroxyl groups is 30. The number of rotatable bonds is 31. The van der Waals surface area contributed by atoms with E-state index in [1.807, 2.05) is 0 Å². The highest BCUT2D eigenvalue weighted by Gasteiger charge is 2.62. The van der Waals surface area contributed by atoms with Gasteiger partial charge in [0.05, 0.1) is 66.1 Å². The first-order valence-electron chi connectivity index (χ1n) is 37.2. The van der Waals surface area contributed by atoms with Gasteiger partial charge in [-0.05, 0) is 0 Å². The second-order valence-electron chi connectivity index (χ2n) is 29.5. The van der Waals surface area contributed by atoms with Gasteiger partial charge in [0, 0.05) is 13.8 Å². The van der Waals surface area contributed by atoms with E-state index in [0.717, 1.165) is 13.8 Å². The van der Waals surface area contributed by atoms with Crippen molar-refractivity contribution in [2.75, 3.05) is 66.1 Å². The zero-order valence-electron chi connectivity index (χ0n) is 61.9. The molecule has 10 aliphatic rings. The van der Waals surface area contributed by atoms with Gasteiger partial charge in [0.1, 0.15) is 244 Å². The van der Waals surface area contributed by atoms with Gasteiger partial charge in [-0.1, -0.05) is 0 Å². The van der Waals surface area contributed by atoms with Crippen LogP contribution in [0.5, 0.6) is 0 Å². The van der Waals surface area contributed by atoms with Crippen molar-refractivity contribution < 1.29 is 253 Å². The average Bonchev–Trinajstić information content (AvgIpc) is 1.02. The van der Waals surface area contributed by atoms with Crippen LogP contribution in [0.4, 0.5) is 0 Å². The molecule has 2 amide bonds. The number of carbonyl (C=O) groups excluding carboxylic acids is 2. The lowest BCUT2D eigenvalue weighted by Crippen LogP contribution is -2.70. The molecule has 10 saturated heterocycles. The third-order valence-electron chi connectivity index (χ3n) is 21.6. The maximum absolute atomic E-state index is 13.1. The van der Waals surface area contributed by atoms with Crippen LogP contribution in [0.25, 0.3) is 0 Å². The highest BCUT2D eigenvalue weighted by molar-refractivity contribution is 5.73. The Morgan fingerprint density at radius 3 is 1.03 bits per heavy atom. The molecule has 0 aromatic carbocycles. The number of hydrogen-bond acceptors (Lipinski definition) is 51. The topological polar surface area (TPSA) is 840 Å². The van der Waals surface area contributed by atoms with E-state index >= 15 is 0 Å². The number of nitrogens with one attached hydrogen (secondary N) is 2. The molecule has 10 fully saturated rings. The Morgan fingerprint density at radius 2 is 0.573 bits per heavy atom. The minimum atomic E-state index is -2.68. The fourth-order valence-corrected chi connectivity index (χ4v) is 15.0. The lowest BCUT2D eigenvalue weighted by atomic mass is 9.94. The standard InChI is InChI=1S/C64H108N2O51/c1-13(75)65-25-34(85)48(21(9-73)101-55(25)98)111-56-26(66-14(2)76)35(86)49(22(10-74)107-56)112-61-46(97)50(113-63-53(40(91)31(82)19(7-71)105-63)116-64-52(39(90)30(81)20(8-72)106-64)115-59-44(95)38(89)29(80)18(6-70)104-59)32(83)23(108-61)12-100-62-54(117-60-45(96)41(92)47(110-60)15(77)3-67)51(114-58-43(94)37(88)28(79)17(5-69)103-58)33(84)24(109-62)11-99-57-42(93)36(87)27(78)16(4-68)102-57/h15-64,67-74,77-98H,3-12H2,1-2H3,(H,65,75)(H,66,76)/t15-,16-,17-,18-,19-,20-,21-,22-,23-,24-,25-,26-,27-,28-,29-,30-,31-,32-,33-,34-,35-,36+,37+,38+,39+,40+,41-,42+,43+,44+,45-,46+,47+,48-,49-,50+,51+,52+,53+,54+,55-,56+,57+,58-,59-,60+,61+,62+,63-,64-/m1/s1. The molecule has 0 spiro atoms. The van der Waals surface area contributed by atoms with Crippen LogP contribution in [0.3, 0.4) is 0 Å². The fourth-order valence-electron chi connectivity index (χ4n) is 15.0. The number of amides is 2. The SMILES string of the molecule is CC(=O)N[C@@H]1[C@@H](O)[C@H](O[C@@H]2O[C@H](CO)[C@@H](O[C@@H]3O[C@H](CO[C@H]4O[C@H](CO[C@H]5O[C@H](CO)[C@@H](O)[C@H](O)[C@@H]5O)[C@@H](O)[C@H](O[C@H]5O[C@H](CO)[C@@H](O)[C@H](O)[C@@H]5O)[C@@H]4O[C@@H]4O[C@@H]([C@H](O)CO)[C@H](O)[C@H]4O)[C@@H](O)[C@H](O[C@H]4O[C@H](CO)[C@@H](O)[C@H](O)[C@@H]4O[C@H]4O[C@H](CO)[C@@H](O)[C@H](O)[C@@H]4O[C@H]4O[C@H](CO)[C@@H](O)[C@H](O)[C@@H]4O)[C@@H]3O)[C@H](O)[C@H]2NC(C)=O)[C@@H](CO)O[C@H]1O. The molecule has 0 aromatic rings. The monoisotopic (exact) mass is 1720 g/mol. The van der Waals surface area contributed by atoms with E-state index < -0.39 is 385 Å². The summed E-state index contributed by atoms with van der Waals surface area (Å²) in [6.45, 7) is -9.52. The number of hydrogen-bond donors (Lipinski definition) is 32. The molecule has 0 aromatic heterocycles. The van der Waals surface area contributed by atoms with Gasteiger partial charge in [-0.15, -0.1) is 0 Å². The van der Waals surface area contributed by atoms with Crippen LogP contribution in [0.15, 0.2) is 0 Å². The molecule has 0 bridgehead atoms. The highest BCUT2D eigenvalue weighted by atomic mass is 16.8. The predicted molar refractivity (Wildman–Crippen MR) is 353 cm³/mol. The minimum Gasteiger partial charge on any atom is -0.394 e. The van der Waals surface area contributed by atoms with Crippen LogP contribution in [0.2, 0.25) is 0 Å². The van der Waals surface area contributed by atoms with Gasteiger partial charge in [0.15, 0.2) is 62.9 Å². The lowest BCUT2D eigenvalue weighted by Gasteiger charge is -2.51. The van der Waals surface area contributed by atoms with Crippen molar-refractivity contribution in [1.82, 2.24) is 10.6 Å². The van der Waals surface area contributed by atoms with Crippen molar-refractivity contribution >= 4 is 11.8 Å². The molecule has 0 aliphatic carbocycles. The molecule has 10 rings (SSSR count). The van der Waals surface area contributed by atoms with E-state index in [-0.39, 0.29) is 0 Å². The smallest absolute Gasteiger partial charge is 0.217 e. The van der Waals surface area contributed by atoms with Gasteiger partial charge in [0.2, 0.25) is 11.8 Å². The van der Waals surface area contributed by atoms with E-state index in [0.29, 0.717) is 0 Å². The molecule has 50 atom stereocenters. The minimum absolute atomic E-state index is 0.813. The van der Waals surface area contributed by atoms with Crippen LogP contribution in [-0.2, 0) is 99.6 Å². The fraction of sp³-hybridized carbons (Fsp3) is 0.969. The third kappa shape index (κ3) is 20.7. The number of aliphatic hydroxyl groups excluding tert-OH is 30. The van der Waals surface area contributed by atoms with E-state index in [1.54, 1.807) is 0 Å². The summed E-state index contributed by atoms with van der Waals surface area (Å²) in [6.07, 6.45) is -105. The summed E-state index contributed by atoms with van der Waals surface area (Å²) in [7, 11) is 0. The Labute approximate surface area is 660 Å². The van der Waals surface area contributed by atoms with Crippen molar-refractivity contribution in [3.63, 3.8) is 0 Å². The van der Waals surface area contributed by atoms with Crippen molar-refractivity contribution in [1.29, 1.82) is 0 Å². The first-order valence-corrected chi connectivity index (χ1v) is 37.2. The van der Waals surface area contributed by atoms with Crippen LogP contribution in [0.1, 0.15) is 13.8 Å². The summed E-state index contributed by atoms with van der Waals surface area (Å²) >= 11 is 0. The molecule has 53 heteroatoms. The van der Waals surface area contributed by atoms with Gasteiger partial charge >= 0.3 is 0 Å². The molecule has 0 unspecified atom stereocenters. The predicted octanol–water partition coefficient (Wildman–Crippen LogP) is -22.5. The number of ether oxygens (including phenoxy) is 19. The Hall–Kier alpha value is -3.02. The van der Waals surface area contributed by atoms with Crippen LogP contribution in [-0.4, -0.2) is 538 Å². The van der Waals surface area contributed by atoms with Crippen LogP contribution >= 0.6 is 0 Å². The van der Waals surface area contributed by atoms with E-state index in [2.05, 4.69) is 10.6 Å². The van der Waals surface area contributed by atoms with Crippen molar-refractivity contribution in [2.45, 2.75) is 321 Å². The maximum atomic E-state index is 13.1. The Balaban J connectivity index is 1.04. The Kier molecular flexibility index (Phi) is 34.4. The quantitative estimate of drug-likeness (QED) is 0.0306. The van der Waals surface area contributed by atoms with Gasteiger partial charge in [-0.25, -0.2) is 0 Å². The summed E-state index contributed by atoms with van der Waals surface area (Å²) in [6, 6.07) is -3.68. The zero-order chi connectivity index (χ0) is 85.9. The van der Waals surface area contributed by atoms with E-state index in [9.17, 15) is 163 Å². The van der Waals surface area contributed by atoms with Crippen LogP contribution < -0.4 is 10.6 Å². The molecular formula is C64H108N2O51. The molecular weight excluding hydrogens is 1610 g/mol. The zero-order valence-corrected chi connectivity index (χ0v) is 61.9. The van der Waals surface area contributed by atoms with Gasteiger partial charge in [0.25, 0.3) is 0 Å². The van der Waals surface area contributed by atoms with Gasteiger partial charge < -0.3 is 254 Å². The number of carbonyl (C=O) groups is 2. The molecule has 53 nitrogen and oxygen atoms in total. The summed E-state index contributed by atoms with van der Waals surface area (Å²) in [4.78, 5) is 25.3. The molecule has 680 valence electrons. The van der Waals surface area contributed by atoms with Crippen molar-refractivity contribution in [3.8, 4) is 0 Å². The normalized spacial score (nSPS) is 51.0. The first kappa shape index (κ1) is 96.2. The largest absolute Gasteiger partial charge is 0.394 e. The van der Waals surface area contributed by atoms with Gasteiger partial charge in [-0.3, -0.25) is 9.59 Å². The van der Waals surface area contributed by atoms with Gasteiger partial charge in [-0.2, -0.15) is 0 Å². The first-order chi connectivity index (χ1) is 55.4. The van der Waals surface area contributed by atoms with Crippen LogP contribution in [0, 0.1) is 0 Å². The summed E-state index contributed by atoms with van der Waals surface area (Å²) in [5.74, 6) is -1.80. The lowest BCUT2D eigenvalue weighted by molar-refractivity contribution is -0.409. The van der Waals surface area contributed by atoms with E-state index in [1.165, 1.54) is 0 Å². The second-order valence-corrected chi connectivity index (χ2v) is 29.5. The van der Waals surface area contributed by atoms with Crippen molar-refractivity contribution in [2.24, 2.45) is 0 Å².